The molecular weight excluding hydrogens is 597 g/mol. The molecule has 0 rings (SSSR count). The van der Waals surface area contributed by atoms with Gasteiger partial charge in [0.2, 0.25) is 5.91 Å². The molecule has 1 amide bonds. The summed E-state index contributed by atoms with van der Waals surface area (Å²) in [4.78, 5) is 30.8. The molecule has 8 heteroatoms. The van der Waals surface area contributed by atoms with Crippen molar-refractivity contribution < 1.29 is 28.8 Å². The van der Waals surface area contributed by atoms with Crippen LogP contribution in [0.4, 0.5) is 0 Å². The number of aliphatic hydroxyl groups excluding tert-OH is 1. The van der Waals surface area contributed by atoms with Crippen molar-refractivity contribution in [1.82, 2.24) is 5.32 Å². The zero-order valence-electron chi connectivity index (χ0n) is 30.2. The molecule has 46 heavy (non-hydrogen) atoms. The van der Waals surface area contributed by atoms with Gasteiger partial charge in [0.25, 0.3) is 0 Å². The van der Waals surface area contributed by atoms with E-state index in [-0.39, 0.29) is 5.91 Å². The van der Waals surface area contributed by atoms with Crippen molar-refractivity contribution in [3.63, 3.8) is 0 Å². The summed E-state index contributed by atoms with van der Waals surface area (Å²) in [6.07, 6.45) is 39.4. The smallest absolute Gasteiger partial charge is 0.387 e. The second-order valence-electron chi connectivity index (χ2n) is 13.6. The lowest BCUT2D eigenvalue weighted by atomic mass is 10.0. The SMILES string of the molecule is CCCCCCCCCCCCCC=C[C@@H](O)[C@H](COP(=O)(O)O)NC(=O)CCCCCCCCCCCCCCCCCCC. The Morgan fingerprint density at radius 1 is 0.609 bits per heavy atom. The Bertz CT molecular complexity index is 728. The zero-order chi connectivity index (χ0) is 34.0. The summed E-state index contributed by atoms with van der Waals surface area (Å²) in [5.74, 6) is -0.224. The lowest BCUT2D eigenvalue weighted by Crippen LogP contribution is -2.45. The number of nitrogens with one attached hydrogen (secondary N) is 1. The fourth-order valence-electron chi connectivity index (χ4n) is 5.99. The maximum Gasteiger partial charge on any atom is 0.469 e. The minimum absolute atomic E-state index is 0.224. The van der Waals surface area contributed by atoms with Crippen molar-refractivity contribution in [2.45, 2.75) is 219 Å². The lowest BCUT2D eigenvalue weighted by molar-refractivity contribution is -0.123. The third-order valence-electron chi connectivity index (χ3n) is 9.00. The van der Waals surface area contributed by atoms with Gasteiger partial charge >= 0.3 is 7.82 Å². The van der Waals surface area contributed by atoms with Gasteiger partial charge in [0.1, 0.15) is 0 Å². The second kappa shape index (κ2) is 34.2. The van der Waals surface area contributed by atoms with E-state index in [1.54, 1.807) is 6.08 Å². The molecule has 0 unspecified atom stereocenters. The Morgan fingerprint density at radius 3 is 1.33 bits per heavy atom. The van der Waals surface area contributed by atoms with Crippen LogP contribution in [-0.4, -0.2) is 39.6 Å². The van der Waals surface area contributed by atoms with Crippen LogP contribution >= 0.6 is 7.82 Å². The predicted octanol–water partition coefficient (Wildman–Crippen LogP) is 11.2. The molecule has 0 aliphatic carbocycles. The maximum absolute atomic E-state index is 12.5. The molecule has 0 saturated carbocycles. The monoisotopic (exact) mass is 674 g/mol. The average Bonchev–Trinajstić information content (AvgIpc) is 3.02. The van der Waals surface area contributed by atoms with Crippen molar-refractivity contribution in [2.24, 2.45) is 0 Å². The minimum atomic E-state index is -4.71. The van der Waals surface area contributed by atoms with E-state index in [1.807, 2.05) is 6.08 Å². The van der Waals surface area contributed by atoms with Gasteiger partial charge in [0.05, 0.1) is 18.8 Å². The van der Waals surface area contributed by atoms with Crippen molar-refractivity contribution in [1.29, 1.82) is 0 Å². The normalized spacial score (nSPS) is 13.4. The van der Waals surface area contributed by atoms with Crippen molar-refractivity contribution in [3.8, 4) is 0 Å². The lowest BCUT2D eigenvalue weighted by Gasteiger charge is -2.22. The van der Waals surface area contributed by atoms with Crippen LogP contribution in [0, 0.1) is 0 Å². The van der Waals surface area contributed by atoms with E-state index < -0.39 is 26.6 Å². The van der Waals surface area contributed by atoms with Crippen LogP contribution in [-0.2, 0) is 13.9 Å². The topological polar surface area (TPSA) is 116 Å². The average molecular weight is 674 g/mol. The highest BCUT2D eigenvalue weighted by atomic mass is 31.2. The van der Waals surface area contributed by atoms with E-state index in [2.05, 4.69) is 23.7 Å². The van der Waals surface area contributed by atoms with Gasteiger partial charge < -0.3 is 20.2 Å². The molecular formula is C38H76NO6P. The van der Waals surface area contributed by atoms with Crippen LogP contribution < -0.4 is 5.32 Å². The van der Waals surface area contributed by atoms with Crippen LogP contribution in [0.15, 0.2) is 12.2 Å². The number of unbranched alkanes of at least 4 members (excludes halogenated alkanes) is 27. The number of carbonyl (C=O) groups is 1. The summed E-state index contributed by atoms with van der Waals surface area (Å²) < 4.78 is 15.9. The van der Waals surface area contributed by atoms with Gasteiger partial charge in [0, 0.05) is 6.42 Å². The van der Waals surface area contributed by atoms with E-state index in [1.165, 1.54) is 148 Å². The molecule has 0 aromatic carbocycles. The highest BCUT2D eigenvalue weighted by molar-refractivity contribution is 7.46. The fraction of sp³-hybridized carbons (Fsp3) is 0.921. The molecule has 0 aromatic rings. The third kappa shape index (κ3) is 34.6. The Kier molecular flexibility index (Phi) is 33.6. The highest BCUT2D eigenvalue weighted by Crippen LogP contribution is 2.35. The number of phosphoric ester groups is 1. The molecule has 0 radical (unpaired) electrons. The van der Waals surface area contributed by atoms with Crippen molar-refractivity contribution in [3.05, 3.63) is 12.2 Å². The zero-order valence-corrected chi connectivity index (χ0v) is 31.1. The molecule has 0 bridgehead atoms. The number of hydrogen-bond donors (Lipinski definition) is 4. The molecule has 0 spiro atoms. The predicted molar refractivity (Wildman–Crippen MR) is 195 cm³/mol. The standard InChI is InChI=1S/C38H76NO6P/c1-3-5-7-9-11-13-15-17-18-19-20-22-24-26-28-30-32-34-38(41)39-36(35-45-46(42,43)44)37(40)33-31-29-27-25-23-21-16-14-12-10-8-6-4-2/h31,33,36-37,40H,3-30,32,34-35H2,1-2H3,(H,39,41)(H2,42,43,44)/t36-,37+/m0/s1. The number of allylic oxidation sites excluding steroid dienone is 1. The number of amides is 1. The van der Waals surface area contributed by atoms with E-state index >= 15 is 0 Å². The Morgan fingerprint density at radius 2 is 0.957 bits per heavy atom. The van der Waals surface area contributed by atoms with E-state index in [0.717, 1.165) is 38.5 Å². The fourth-order valence-corrected chi connectivity index (χ4v) is 6.34. The van der Waals surface area contributed by atoms with Gasteiger partial charge in [-0.15, -0.1) is 0 Å². The van der Waals surface area contributed by atoms with Gasteiger partial charge in [0.15, 0.2) is 0 Å². The van der Waals surface area contributed by atoms with Crippen LogP contribution in [0.1, 0.15) is 206 Å². The Balaban J connectivity index is 3.97. The van der Waals surface area contributed by atoms with Crippen LogP contribution in [0.5, 0.6) is 0 Å². The first kappa shape index (κ1) is 45.3. The molecule has 0 fully saturated rings. The Labute approximate surface area is 284 Å². The second-order valence-corrected chi connectivity index (χ2v) is 14.8. The molecule has 7 nitrogen and oxygen atoms in total. The molecule has 274 valence electrons. The Hall–Kier alpha value is -0.720. The van der Waals surface area contributed by atoms with E-state index in [4.69, 9.17) is 9.79 Å². The first-order valence-corrected chi connectivity index (χ1v) is 21.2. The number of aliphatic hydroxyl groups is 1. The number of hydrogen-bond acceptors (Lipinski definition) is 4. The number of rotatable bonds is 36. The first-order chi connectivity index (χ1) is 22.3. The summed E-state index contributed by atoms with van der Waals surface area (Å²) >= 11 is 0. The molecule has 0 aliphatic heterocycles. The summed E-state index contributed by atoms with van der Waals surface area (Å²) in [5.41, 5.74) is 0. The van der Waals surface area contributed by atoms with E-state index in [9.17, 15) is 14.5 Å². The summed E-state index contributed by atoms with van der Waals surface area (Å²) in [6.45, 7) is 4.07. The third-order valence-corrected chi connectivity index (χ3v) is 9.48. The maximum atomic E-state index is 12.5. The van der Waals surface area contributed by atoms with Gasteiger partial charge in [-0.2, -0.15) is 0 Å². The van der Waals surface area contributed by atoms with Crippen LogP contribution in [0.3, 0.4) is 0 Å². The van der Waals surface area contributed by atoms with Gasteiger partial charge in [-0.05, 0) is 19.3 Å². The summed E-state index contributed by atoms with van der Waals surface area (Å²) in [7, 11) is -4.71. The van der Waals surface area contributed by atoms with Crippen LogP contribution in [0.2, 0.25) is 0 Å². The molecule has 0 saturated heterocycles. The largest absolute Gasteiger partial charge is 0.469 e. The number of phosphoric acid groups is 1. The van der Waals surface area contributed by atoms with Gasteiger partial charge in [-0.1, -0.05) is 193 Å². The quantitative estimate of drug-likeness (QED) is 0.0299. The molecule has 0 aromatic heterocycles. The van der Waals surface area contributed by atoms with E-state index in [0.29, 0.717) is 6.42 Å². The highest BCUT2D eigenvalue weighted by Gasteiger charge is 2.24. The van der Waals surface area contributed by atoms with Gasteiger partial charge in [-0.3, -0.25) is 9.32 Å². The molecule has 4 N–H and O–H groups in total. The van der Waals surface area contributed by atoms with Gasteiger partial charge in [-0.25, -0.2) is 4.57 Å². The van der Waals surface area contributed by atoms with Crippen LogP contribution in [0.25, 0.3) is 0 Å². The van der Waals surface area contributed by atoms with Crippen molar-refractivity contribution in [2.75, 3.05) is 6.61 Å². The minimum Gasteiger partial charge on any atom is -0.387 e. The summed E-state index contributed by atoms with van der Waals surface area (Å²) in [6, 6.07) is -0.903. The summed E-state index contributed by atoms with van der Waals surface area (Å²) in [5, 5.41) is 13.3. The first-order valence-electron chi connectivity index (χ1n) is 19.6. The number of carbonyl (C=O) groups excluding carboxylic acids is 1. The van der Waals surface area contributed by atoms with Crippen molar-refractivity contribution >= 4 is 13.7 Å². The molecule has 0 heterocycles. The molecule has 0 aliphatic rings. The molecule has 2 atom stereocenters.